The van der Waals surface area contributed by atoms with Gasteiger partial charge < -0.3 is 10.2 Å². The van der Waals surface area contributed by atoms with Crippen molar-refractivity contribution in [1.82, 2.24) is 10.2 Å². The van der Waals surface area contributed by atoms with Gasteiger partial charge in [-0.25, -0.2) is 0 Å². The Morgan fingerprint density at radius 2 is 1.95 bits per heavy atom. The van der Waals surface area contributed by atoms with Gasteiger partial charge in [0.25, 0.3) is 0 Å². The molecule has 4 nitrogen and oxygen atoms in total. The van der Waals surface area contributed by atoms with Crippen molar-refractivity contribution < 1.29 is 9.59 Å². The first-order valence-corrected chi connectivity index (χ1v) is 7.69. The summed E-state index contributed by atoms with van der Waals surface area (Å²) in [7, 11) is 0. The van der Waals surface area contributed by atoms with Gasteiger partial charge in [0.15, 0.2) is 0 Å². The number of hydrogen-bond donors (Lipinski definition) is 1. The lowest BCUT2D eigenvalue weighted by molar-refractivity contribution is -0.158. The Bertz CT molecular complexity index is 401. The third-order valence-electron chi connectivity index (χ3n) is 4.98. The molecule has 2 atom stereocenters. The maximum absolute atomic E-state index is 12.7. The fraction of sp³-hybridized carbons (Fsp3) is 0.867. The molecule has 1 aliphatic heterocycles. The van der Waals surface area contributed by atoms with E-state index in [9.17, 15) is 9.59 Å². The first-order valence-electron chi connectivity index (χ1n) is 7.69. The van der Waals surface area contributed by atoms with E-state index < -0.39 is 5.54 Å². The molecule has 0 aromatic heterocycles. The van der Waals surface area contributed by atoms with Crippen molar-refractivity contribution in [2.24, 2.45) is 11.8 Å². The minimum absolute atomic E-state index is 0.0775. The van der Waals surface area contributed by atoms with Gasteiger partial charge >= 0.3 is 0 Å². The van der Waals surface area contributed by atoms with Gasteiger partial charge in [0, 0.05) is 6.54 Å². The largest absolute Gasteiger partial charge is 0.342 e. The highest BCUT2D eigenvalue weighted by Gasteiger charge is 2.57. The van der Waals surface area contributed by atoms with E-state index in [4.69, 9.17) is 0 Å². The predicted molar refractivity (Wildman–Crippen MR) is 72.4 cm³/mol. The Balaban J connectivity index is 1.85. The number of amides is 2. The third-order valence-corrected chi connectivity index (χ3v) is 4.98. The molecule has 1 heterocycles. The molecule has 0 aromatic carbocycles. The van der Waals surface area contributed by atoms with Crippen LogP contribution in [0.25, 0.3) is 0 Å². The SMILES string of the molecule is CCCC1NC(=O)C(C)(C2CC2)N(CC2CC2)C1=O. The van der Waals surface area contributed by atoms with Gasteiger partial charge in [-0.05, 0) is 50.9 Å². The average molecular weight is 264 g/mol. The van der Waals surface area contributed by atoms with Gasteiger partial charge in [0.1, 0.15) is 11.6 Å². The van der Waals surface area contributed by atoms with E-state index in [1.54, 1.807) is 0 Å². The zero-order chi connectivity index (χ0) is 13.6. The van der Waals surface area contributed by atoms with Crippen molar-refractivity contribution in [3.05, 3.63) is 0 Å². The molecule has 0 spiro atoms. The van der Waals surface area contributed by atoms with Crippen molar-refractivity contribution in [2.75, 3.05) is 6.54 Å². The quantitative estimate of drug-likeness (QED) is 0.821. The topological polar surface area (TPSA) is 49.4 Å². The zero-order valence-corrected chi connectivity index (χ0v) is 11.9. The number of rotatable bonds is 5. The minimum Gasteiger partial charge on any atom is -0.342 e. The second kappa shape index (κ2) is 4.50. The number of carbonyl (C=O) groups is 2. The lowest BCUT2D eigenvalue weighted by Gasteiger charge is -2.47. The number of hydrogen-bond acceptors (Lipinski definition) is 2. The molecule has 2 unspecified atom stereocenters. The van der Waals surface area contributed by atoms with Gasteiger partial charge in [0.2, 0.25) is 11.8 Å². The third kappa shape index (κ3) is 2.15. The second-order valence-corrected chi connectivity index (χ2v) is 6.63. The summed E-state index contributed by atoms with van der Waals surface area (Å²) in [4.78, 5) is 27.2. The lowest BCUT2D eigenvalue weighted by atomic mass is 9.87. The van der Waals surface area contributed by atoms with Crippen LogP contribution < -0.4 is 5.32 Å². The summed E-state index contributed by atoms with van der Waals surface area (Å²) in [6.07, 6.45) is 6.27. The molecule has 1 saturated heterocycles. The average Bonchev–Trinajstić information content (AvgIpc) is 3.25. The molecular weight excluding hydrogens is 240 g/mol. The van der Waals surface area contributed by atoms with E-state index in [2.05, 4.69) is 12.2 Å². The zero-order valence-electron chi connectivity index (χ0n) is 11.9. The summed E-state index contributed by atoms with van der Waals surface area (Å²) in [5.74, 6) is 1.24. The maximum atomic E-state index is 12.7. The van der Waals surface area contributed by atoms with E-state index in [-0.39, 0.29) is 17.9 Å². The molecule has 106 valence electrons. The first-order chi connectivity index (χ1) is 9.07. The van der Waals surface area contributed by atoms with Crippen molar-refractivity contribution in [3.63, 3.8) is 0 Å². The van der Waals surface area contributed by atoms with E-state index in [1.165, 1.54) is 12.8 Å². The van der Waals surface area contributed by atoms with Crippen molar-refractivity contribution in [3.8, 4) is 0 Å². The van der Waals surface area contributed by atoms with Crippen molar-refractivity contribution in [2.45, 2.75) is 64.0 Å². The number of nitrogens with one attached hydrogen (secondary N) is 1. The number of nitrogens with zero attached hydrogens (tertiary/aromatic N) is 1. The van der Waals surface area contributed by atoms with Crippen LogP contribution in [-0.4, -0.2) is 34.8 Å². The fourth-order valence-corrected chi connectivity index (χ4v) is 3.28. The highest BCUT2D eigenvalue weighted by Crippen LogP contribution is 2.46. The minimum atomic E-state index is -0.579. The van der Waals surface area contributed by atoms with Crippen molar-refractivity contribution >= 4 is 11.8 Å². The van der Waals surface area contributed by atoms with E-state index in [0.29, 0.717) is 11.8 Å². The molecule has 19 heavy (non-hydrogen) atoms. The van der Waals surface area contributed by atoms with Crippen LogP contribution in [0, 0.1) is 11.8 Å². The summed E-state index contributed by atoms with van der Waals surface area (Å²) >= 11 is 0. The fourth-order valence-electron chi connectivity index (χ4n) is 3.28. The van der Waals surface area contributed by atoms with Crippen LogP contribution >= 0.6 is 0 Å². The Morgan fingerprint density at radius 3 is 2.47 bits per heavy atom. The van der Waals surface area contributed by atoms with E-state index in [0.717, 1.165) is 32.2 Å². The smallest absolute Gasteiger partial charge is 0.246 e. The van der Waals surface area contributed by atoms with Gasteiger partial charge in [0.05, 0.1) is 0 Å². The summed E-state index contributed by atoms with van der Waals surface area (Å²) in [5, 5.41) is 2.97. The summed E-state index contributed by atoms with van der Waals surface area (Å²) in [6.45, 7) is 4.82. The molecule has 3 rings (SSSR count). The Labute approximate surface area is 114 Å². The molecular formula is C15H24N2O2. The van der Waals surface area contributed by atoms with Crippen molar-refractivity contribution in [1.29, 1.82) is 0 Å². The molecule has 3 fully saturated rings. The van der Waals surface area contributed by atoms with Gasteiger partial charge in [-0.1, -0.05) is 13.3 Å². The van der Waals surface area contributed by atoms with Crippen LogP contribution in [0.4, 0.5) is 0 Å². The Hall–Kier alpha value is -1.06. The normalized spacial score (nSPS) is 35.5. The molecule has 2 amide bonds. The van der Waals surface area contributed by atoms with E-state index >= 15 is 0 Å². The van der Waals surface area contributed by atoms with E-state index in [1.807, 2.05) is 11.8 Å². The van der Waals surface area contributed by atoms with Crippen LogP contribution in [0.3, 0.4) is 0 Å². The summed E-state index contributed by atoms with van der Waals surface area (Å²) in [6, 6.07) is -0.289. The second-order valence-electron chi connectivity index (χ2n) is 6.63. The first kappa shape index (κ1) is 12.9. The maximum Gasteiger partial charge on any atom is 0.246 e. The van der Waals surface area contributed by atoms with Crippen LogP contribution in [0.2, 0.25) is 0 Å². The van der Waals surface area contributed by atoms with Gasteiger partial charge in [-0.3, -0.25) is 9.59 Å². The predicted octanol–water partition coefficient (Wildman–Crippen LogP) is 1.69. The molecule has 0 radical (unpaired) electrons. The molecule has 1 N–H and O–H groups in total. The highest BCUT2D eigenvalue weighted by atomic mass is 16.2. The van der Waals surface area contributed by atoms with Crippen LogP contribution in [0.5, 0.6) is 0 Å². The van der Waals surface area contributed by atoms with Crippen LogP contribution in [-0.2, 0) is 9.59 Å². The molecule has 2 saturated carbocycles. The monoisotopic (exact) mass is 264 g/mol. The highest BCUT2D eigenvalue weighted by molar-refractivity contribution is 6.00. The van der Waals surface area contributed by atoms with Crippen LogP contribution in [0.15, 0.2) is 0 Å². The number of piperazine rings is 1. The molecule has 2 aliphatic carbocycles. The summed E-state index contributed by atoms with van der Waals surface area (Å²) < 4.78 is 0. The molecule has 4 heteroatoms. The summed E-state index contributed by atoms with van der Waals surface area (Å²) in [5.41, 5.74) is -0.579. The van der Waals surface area contributed by atoms with Crippen LogP contribution in [0.1, 0.15) is 52.4 Å². The number of carbonyl (C=O) groups excluding carboxylic acids is 2. The molecule has 3 aliphatic rings. The Morgan fingerprint density at radius 1 is 1.26 bits per heavy atom. The van der Waals surface area contributed by atoms with Gasteiger partial charge in [-0.2, -0.15) is 0 Å². The molecule has 0 bridgehead atoms. The standard InChI is InChI=1S/C15H24N2O2/c1-3-4-12-13(18)17(9-10-5-6-10)15(2,11-7-8-11)14(19)16-12/h10-12H,3-9H2,1-2H3,(H,16,19). The van der Waals surface area contributed by atoms with Gasteiger partial charge in [-0.15, -0.1) is 0 Å². The Kier molecular flexibility index (Phi) is 3.06. The lowest BCUT2D eigenvalue weighted by Crippen LogP contribution is -2.70. The molecule has 0 aromatic rings.